The number of hydrogen-bond acceptors (Lipinski definition) is 8. The van der Waals surface area contributed by atoms with Crippen molar-refractivity contribution < 1.29 is 33.6 Å². The monoisotopic (exact) mass is 517 g/mol. The second-order valence-electron chi connectivity index (χ2n) is 10.3. The molecule has 5 atom stereocenters. The molecule has 2 fully saturated rings. The zero-order chi connectivity index (χ0) is 26.4. The molecule has 6 rings (SSSR count). The lowest BCUT2D eigenvalue weighted by Crippen LogP contribution is -2.37. The van der Waals surface area contributed by atoms with Crippen molar-refractivity contribution >= 4 is 11.8 Å². The van der Waals surface area contributed by atoms with E-state index in [9.17, 15) is 14.7 Å². The van der Waals surface area contributed by atoms with Gasteiger partial charge in [-0.3, -0.25) is 4.79 Å². The van der Waals surface area contributed by atoms with Crippen LogP contribution in [0.1, 0.15) is 49.1 Å². The number of benzene rings is 2. The van der Waals surface area contributed by atoms with Crippen molar-refractivity contribution in [2.45, 2.75) is 50.4 Å². The fourth-order valence-electron chi connectivity index (χ4n) is 6.32. The van der Waals surface area contributed by atoms with Crippen LogP contribution in [0.4, 0.5) is 0 Å². The summed E-state index contributed by atoms with van der Waals surface area (Å²) < 4.78 is 22.8. The van der Waals surface area contributed by atoms with Gasteiger partial charge in [0.1, 0.15) is 17.6 Å². The average Bonchev–Trinajstić information content (AvgIpc) is 3.53. The van der Waals surface area contributed by atoms with E-state index in [4.69, 9.17) is 18.9 Å². The molecule has 0 saturated carbocycles. The van der Waals surface area contributed by atoms with E-state index in [0.29, 0.717) is 35.4 Å². The zero-order valence-electron chi connectivity index (χ0n) is 21.4. The van der Waals surface area contributed by atoms with Crippen molar-refractivity contribution in [3.63, 3.8) is 0 Å². The van der Waals surface area contributed by atoms with E-state index in [-0.39, 0.29) is 42.7 Å². The van der Waals surface area contributed by atoms with Crippen LogP contribution in [-0.4, -0.2) is 49.6 Å². The van der Waals surface area contributed by atoms with Gasteiger partial charge in [-0.25, -0.2) is 4.79 Å². The molecule has 5 unspecified atom stereocenters. The van der Waals surface area contributed by atoms with Crippen molar-refractivity contribution in [2.24, 2.45) is 5.92 Å². The van der Waals surface area contributed by atoms with E-state index < -0.39 is 18.0 Å². The number of phenolic OH excluding ortho intramolecular Hbond substituents is 1. The van der Waals surface area contributed by atoms with Crippen LogP contribution in [0.5, 0.6) is 11.5 Å². The number of rotatable bonds is 5. The predicted molar refractivity (Wildman–Crippen MR) is 137 cm³/mol. The van der Waals surface area contributed by atoms with E-state index >= 15 is 0 Å². The Morgan fingerprint density at radius 3 is 2.76 bits per heavy atom. The fraction of sp³-hybridized carbons (Fsp3) is 0.400. The third kappa shape index (κ3) is 4.27. The number of esters is 1. The standard InChI is InChI=1S/C30H31NO7/c1-16-26(29(34)38-25-15-37-30-21(25)10-11-36-30)27(17-6-5-7-19(32)12-17)28-22(31-16)13-18(14-23(28)33)20-8-3-4-9-24(20)35-2/h3-9,12,18,21,25,27,30-32H,10-11,13-15H2,1-2H3. The average molecular weight is 518 g/mol. The summed E-state index contributed by atoms with van der Waals surface area (Å²) in [6.45, 7) is 2.70. The summed E-state index contributed by atoms with van der Waals surface area (Å²) in [5.41, 5.74) is 3.98. The van der Waals surface area contributed by atoms with Crippen LogP contribution < -0.4 is 10.1 Å². The number of methoxy groups -OCH3 is 1. The summed E-state index contributed by atoms with van der Waals surface area (Å²) in [5, 5.41) is 13.7. The molecule has 3 heterocycles. The van der Waals surface area contributed by atoms with E-state index in [1.54, 1.807) is 25.3 Å². The lowest BCUT2D eigenvalue weighted by Gasteiger charge is -2.37. The lowest BCUT2D eigenvalue weighted by molar-refractivity contribution is -0.146. The number of carbonyl (C=O) groups is 2. The minimum Gasteiger partial charge on any atom is -0.508 e. The molecule has 38 heavy (non-hydrogen) atoms. The van der Waals surface area contributed by atoms with Gasteiger partial charge in [0, 0.05) is 35.2 Å². The molecule has 2 N–H and O–H groups in total. The van der Waals surface area contributed by atoms with Crippen LogP contribution >= 0.6 is 0 Å². The molecule has 0 radical (unpaired) electrons. The number of para-hydroxylation sites is 1. The maximum atomic E-state index is 13.8. The summed E-state index contributed by atoms with van der Waals surface area (Å²) in [5.74, 6) is -0.438. The van der Waals surface area contributed by atoms with Gasteiger partial charge in [-0.15, -0.1) is 0 Å². The number of phenols is 1. The highest BCUT2D eigenvalue weighted by atomic mass is 16.7. The SMILES string of the molecule is COc1ccccc1C1CC(=O)C2=C(C1)NC(C)=C(C(=O)OC1COC3OCCC13)C2c1cccc(O)c1. The Labute approximate surface area is 221 Å². The highest BCUT2D eigenvalue weighted by Gasteiger charge is 2.46. The quantitative estimate of drug-likeness (QED) is 0.573. The molecular formula is C30H31NO7. The van der Waals surface area contributed by atoms with Gasteiger partial charge >= 0.3 is 5.97 Å². The molecule has 0 aromatic heterocycles. The van der Waals surface area contributed by atoms with Gasteiger partial charge in [-0.1, -0.05) is 30.3 Å². The number of Topliss-reactive ketones (excluding diaryl/α,β-unsaturated/α-hetero) is 1. The van der Waals surface area contributed by atoms with Gasteiger partial charge in [0.15, 0.2) is 12.1 Å². The van der Waals surface area contributed by atoms with Crippen LogP contribution in [0.15, 0.2) is 71.1 Å². The first-order valence-corrected chi connectivity index (χ1v) is 13.0. The van der Waals surface area contributed by atoms with Crippen LogP contribution in [-0.2, 0) is 23.8 Å². The van der Waals surface area contributed by atoms with Crippen LogP contribution in [0.2, 0.25) is 0 Å². The molecule has 4 aliphatic rings. The second kappa shape index (κ2) is 9.93. The number of allylic oxidation sites excluding steroid dienone is 3. The Bertz CT molecular complexity index is 1350. The smallest absolute Gasteiger partial charge is 0.337 e. The Hall–Kier alpha value is -3.62. The van der Waals surface area contributed by atoms with E-state index in [0.717, 1.165) is 23.4 Å². The molecule has 8 heteroatoms. The van der Waals surface area contributed by atoms with Gasteiger partial charge in [0.2, 0.25) is 0 Å². The normalized spacial score (nSPS) is 28.6. The molecular weight excluding hydrogens is 486 g/mol. The molecule has 0 spiro atoms. The minimum absolute atomic E-state index is 0.00308. The number of dihydropyridines is 1. The Morgan fingerprint density at radius 1 is 1.11 bits per heavy atom. The van der Waals surface area contributed by atoms with E-state index in [1.165, 1.54) is 0 Å². The summed E-state index contributed by atoms with van der Waals surface area (Å²) in [6, 6.07) is 14.5. The van der Waals surface area contributed by atoms with Crippen molar-refractivity contribution in [3.05, 3.63) is 82.2 Å². The largest absolute Gasteiger partial charge is 0.508 e. The minimum atomic E-state index is -0.657. The molecule has 0 amide bonds. The lowest BCUT2D eigenvalue weighted by atomic mass is 9.71. The molecule has 1 aliphatic carbocycles. The van der Waals surface area contributed by atoms with Crippen LogP contribution in [0.25, 0.3) is 0 Å². The maximum absolute atomic E-state index is 13.8. The van der Waals surface area contributed by atoms with Crippen LogP contribution in [0, 0.1) is 5.92 Å². The predicted octanol–water partition coefficient (Wildman–Crippen LogP) is 4.07. The van der Waals surface area contributed by atoms with Crippen molar-refractivity contribution in [1.82, 2.24) is 5.32 Å². The number of aromatic hydroxyl groups is 1. The highest BCUT2D eigenvalue weighted by molar-refractivity contribution is 6.04. The molecule has 2 aromatic carbocycles. The number of nitrogens with one attached hydrogen (secondary N) is 1. The summed E-state index contributed by atoms with van der Waals surface area (Å²) >= 11 is 0. The first-order valence-electron chi connectivity index (χ1n) is 13.0. The summed E-state index contributed by atoms with van der Waals surface area (Å²) in [6.07, 6.45) is 0.902. The second-order valence-corrected chi connectivity index (χ2v) is 10.3. The van der Waals surface area contributed by atoms with Crippen molar-refractivity contribution in [2.75, 3.05) is 20.3 Å². The Balaban J connectivity index is 1.37. The fourth-order valence-corrected chi connectivity index (χ4v) is 6.32. The van der Waals surface area contributed by atoms with Gasteiger partial charge < -0.3 is 29.4 Å². The molecule has 0 bridgehead atoms. The third-order valence-corrected chi connectivity index (χ3v) is 8.07. The summed E-state index contributed by atoms with van der Waals surface area (Å²) in [4.78, 5) is 27.6. The molecule has 3 aliphatic heterocycles. The molecule has 2 saturated heterocycles. The zero-order valence-corrected chi connectivity index (χ0v) is 21.4. The van der Waals surface area contributed by atoms with Gasteiger partial charge in [0.05, 0.1) is 31.8 Å². The highest BCUT2D eigenvalue weighted by Crippen LogP contribution is 2.47. The van der Waals surface area contributed by atoms with Crippen molar-refractivity contribution in [3.8, 4) is 11.5 Å². The number of ketones is 1. The Kier molecular flexibility index (Phi) is 6.45. The first kappa shape index (κ1) is 24.7. The molecule has 8 nitrogen and oxygen atoms in total. The number of carbonyl (C=O) groups excluding carboxylic acids is 2. The number of hydrogen-bond donors (Lipinski definition) is 2. The maximum Gasteiger partial charge on any atom is 0.337 e. The van der Waals surface area contributed by atoms with E-state index in [2.05, 4.69) is 5.32 Å². The van der Waals surface area contributed by atoms with Gasteiger partial charge in [-0.05, 0) is 49.1 Å². The number of ether oxygens (including phenoxy) is 4. The number of fused-ring (bicyclic) bond motifs is 1. The van der Waals surface area contributed by atoms with Gasteiger partial charge in [0.25, 0.3) is 0 Å². The van der Waals surface area contributed by atoms with Crippen molar-refractivity contribution in [1.29, 1.82) is 0 Å². The Morgan fingerprint density at radius 2 is 1.95 bits per heavy atom. The van der Waals surface area contributed by atoms with Gasteiger partial charge in [-0.2, -0.15) is 0 Å². The first-order chi connectivity index (χ1) is 18.4. The molecule has 198 valence electrons. The van der Waals surface area contributed by atoms with E-state index in [1.807, 2.05) is 37.3 Å². The molecule has 2 aromatic rings. The topological polar surface area (TPSA) is 103 Å². The summed E-state index contributed by atoms with van der Waals surface area (Å²) in [7, 11) is 1.63. The third-order valence-electron chi connectivity index (χ3n) is 8.07. The van der Waals surface area contributed by atoms with Crippen LogP contribution in [0.3, 0.4) is 0 Å².